The van der Waals surface area contributed by atoms with Gasteiger partial charge in [0.25, 0.3) is 0 Å². The number of rotatable bonds is 2. The zero-order valence-corrected chi connectivity index (χ0v) is 11.4. The van der Waals surface area contributed by atoms with Crippen molar-refractivity contribution in [1.29, 1.82) is 0 Å². The first-order chi connectivity index (χ1) is 9.34. The number of carbonyl (C=O) groups is 1. The van der Waals surface area contributed by atoms with Crippen molar-refractivity contribution in [3.05, 3.63) is 22.8 Å². The molecule has 20 heavy (non-hydrogen) atoms. The molecule has 1 aliphatic heterocycles. The van der Waals surface area contributed by atoms with Crippen LogP contribution in [0.5, 0.6) is 0 Å². The number of nitrogens with one attached hydrogen (secondary N) is 1. The third-order valence-electron chi connectivity index (χ3n) is 3.22. The minimum atomic E-state index is -4.49. The molecular weight excluding hydrogens is 295 g/mol. The number of pyridine rings is 1. The number of aromatic nitrogens is 1. The maximum Gasteiger partial charge on any atom is 0.417 e. The largest absolute Gasteiger partial charge is 0.417 e. The van der Waals surface area contributed by atoms with E-state index in [-0.39, 0.29) is 16.7 Å². The van der Waals surface area contributed by atoms with Gasteiger partial charge in [-0.2, -0.15) is 13.2 Å². The smallest absolute Gasteiger partial charge is 0.357 e. The van der Waals surface area contributed by atoms with Gasteiger partial charge >= 0.3 is 6.18 Å². The Bertz CT molecular complexity index is 521. The molecule has 1 saturated heterocycles. The first-order valence-corrected chi connectivity index (χ1v) is 6.43. The molecule has 2 rings (SSSR count). The second-order valence-electron chi connectivity index (χ2n) is 4.49. The predicted octanol–water partition coefficient (Wildman–Crippen LogP) is 2.47. The van der Waals surface area contributed by atoms with Gasteiger partial charge in [-0.25, -0.2) is 4.98 Å². The third-order valence-corrected chi connectivity index (χ3v) is 3.50. The zero-order chi connectivity index (χ0) is 14.9. The lowest BCUT2D eigenvalue weighted by Crippen LogP contribution is -2.42. The van der Waals surface area contributed by atoms with Crippen LogP contribution < -0.4 is 10.2 Å². The van der Waals surface area contributed by atoms with Gasteiger partial charge in [0, 0.05) is 19.8 Å². The van der Waals surface area contributed by atoms with E-state index in [2.05, 4.69) is 10.3 Å². The monoisotopic (exact) mass is 307 g/mol. The molecule has 8 heteroatoms. The van der Waals surface area contributed by atoms with Crippen molar-refractivity contribution in [2.75, 3.05) is 18.5 Å². The molecule has 0 saturated carbocycles. The van der Waals surface area contributed by atoms with E-state index in [9.17, 15) is 18.0 Å². The normalized spacial score (nSPS) is 19.2. The number of alkyl halides is 3. The fraction of sp³-hybridized carbons (Fsp3) is 0.500. The Morgan fingerprint density at radius 2 is 2.25 bits per heavy atom. The van der Waals surface area contributed by atoms with E-state index in [0.29, 0.717) is 13.0 Å². The number of carbonyl (C=O) groups excluding carboxylic acids is 1. The highest BCUT2D eigenvalue weighted by atomic mass is 35.5. The number of anilines is 1. The molecular formula is C12H13ClF3N3O. The predicted molar refractivity (Wildman–Crippen MR) is 68.7 cm³/mol. The van der Waals surface area contributed by atoms with Gasteiger partial charge in [0.1, 0.15) is 11.9 Å². The second-order valence-corrected chi connectivity index (χ2v) is 4.90. The van der Waals surface area contributed by atoms with Gasteiger partial charge in [0.15, 0.2) is 0 Å². The van der Waals surface area contributed by atoms with Crippen LogP contribution in [0.3, 0.4) is 0 Å². The van der Waals surface area contributed by atoms with Gasteiger partial charge in [-0.15, -0.1) is 0 Å². The molecule has 0 spiro atoms. The molecule has 1 fully saturated rings. The first kappa shape index (κ1) is 14.9. The number of halogens is 4. The molecule has 2 heterocycles. The summed E-state index contributed by atoms with van der Waals surface area (Å²) >= 11 is 5.89. The van der Waals surface area contributed by atoms with E-state index >= 15 is 0 Å². The SMILES string of the molecule is CNC(=O)C1CCCN1c1ncc(C(F)(F)F)cc1Cl. The number of likely N-dealkylation sites (N-methyl/N-ethyl adjacent to an activating group) is 1. The van der Waals surface area contributed by atoms with Crippen LogP contribution in [0.4, 0.5) is 19.0 Å². The Balaban J connectivity index is 2.31. The quantitative estimate of drug-likeness (QED) is 0.913. The van der Waals surface area contributed by atoms with Crippen LogP contribution in [0.1, 0.15) is 18.4 Å². The Morgan fingerprint density at radius 1 is 1.55 bits per heavy atom. The molecule has 0 radical (unpaired) electrons. The number of hydrogen-bond donors (Lipinski definition) is 1. The average molecular weight is 308 g/mol. The van der Waals surface area contributed by atoms with Crippen molar-refractivity contribution >= 4 is 23.3 Å². The number of hydrogen-bond acceptors (Lipinski definition) is 3. The minimum Gasteiger partial charge on any atom is -0.357 e. The Kier molecular flexibility index (Phi) is 4.08. The summed E-state index contributed by atoms with van der Waals surface area (Å²) in [6.45, 7) is 0.538. The van der Waals surface area contributed by atoms with Crippen molar-refractivity contribution in [2.24, 2.45) is 0 Å². The highest BCUT2D eigenvalue weighted by molar-refractivity contribution is 6.33. The van der Waals surface area contributed by atoms with Gasteiger partial charge in [-0.05, 0) is 18.9 Å². The van der Waals surface area contributed by atoms with Gasteiger partial charge in [-0.3, -0.25) is 4.79 Å². The minimum absolute atomic E-state index is 0.101. The average Bonchev–Trinajstić information content (AvgIpc) is 2.85. The van der Waals surface area contributed by atoms with Crippen molar-refractivity contribution in [3.8, 4) is 0 Å². The van der Waals surface area contributed by atoms with Crippen LogP contribution in [-0.4, -0.2) is 30.5 Å². The molecule has 1 atom stereocenters. The fourth-order valence-electron chi connectivity index (χ4n) is 2.26. The molecule has 1 amide bonds. The van der Waals surface area contributed by atoms with Crippen molar-refractivity contribution < 1.29 is 18.0 Å². The third kappa shape index (κ3) is 2.82. The van der Waals surface area contributed by atoms with Crippen LogP contribution >= 0.6 is 11.6 Å². The molecule has 0 aromatic carbocycles. The Labute approximate surface area is 118 Å². The lowest BCUT2D eigenvalue weighted by molar-refractivity contribution is -0.137. The maximum atomic E-state index is 12.6. The van der Waals surface area contributed by atoms with Gasteiger partial charge in [-0.1, -0.05) is 11.6 Å². The molecule has 4 nitrogen and oxygen atoms in total. The summed E-state index contributed by atoms with van der Waals surface area (Å²) in [5.74, 6) is 0.0195. The van der Waals surface area contributed by atoms with Gasteiger partial charge in [0.2, 0.25) is 5.91 Å². The Hall–Kier alpha value is -1.50. The van der Waals surface area contributed by atoms with Gasteiger partial charge < -0.3 is 10.2 Å². The molecule has 0 aliphatic carbocycles. The van der Waals surface area contributed by atoms with Crippen LogP contribution in [0.2, 0.25) is 5.02 Å². The molecule has 1 N–H and O–H groups in total. The molecule has 1 unspecified atom stereocenters. The van der Waals surface area contributed by atoms with Crippen LogP contribution in [-0.2, 0) is 11.0 Å². The summed E-state index contributed by atoms with van der Waals surface area (Å²) < 4.78 is 37.7. The van der Waals surface area contributed by atoms with Crippen LogP contribution in [0, 0.1) is 0 Å². The number of amides is 1. The number of nitrogens with zero attached hydrogens (tertiary/aromatic N) is 2. The molecule has 1 aromatic heterocycles. The van der Waals surface area contributed by atoms with E-state index in [1.165, 1.54) is 7.05 Å². The summed E-state index contributed by atoms with van der Waals surface area (Å²) in [6.07, 6.45) is -2.36. The van der Waals surface area contributed by atoms with Crippen LogP contribution in [0.15, 0.2) is 12.3 Å². The second kappa shape index (κ2) is 5.47. The summed E-state index contributed by atoms with van der Waals surface area (Å²) in [5, 5.41) is 2.43. The van der Waals surface area contributed by atoms with E-state index < -0.39 is 17.8 Å². The molecule has 0 bridgehead atoms. The van der Waals surface area contributed by atoms with Crippen molar-refractivity contribution in [1.82, 2.24) is 10.3 Å². The molecule has 1 aromatic rings. The summed E-state index contributed by atoms with van der Waals surface area (Å²) in [5.41, 5.74) is -0.901. The standard InChI is InChI=1S/C12H13ClF3N3O/c1-17-11(20)9-3-2-4-19(9)10-8(13)5-7(6-18-10)12(14,15)16/h5-6,9H,2-4H2,1H3,(H,17,20). The van der Waals surface area contributed by atoms with E-state index in [0.717, 1.165) is 18.7 Å². The van der Waals surface area contributed by atoms with E-state index in [4.69, 9.17) is 11.6 Å². The highest BCUT2D eigenvalue weighted by Gasteiger charge is 2.35. The Morgan fingerprint density at radius 3 is 2.80 bits per heavy atom. The van der Waals surface area contributed by atoms with Crippen LogP contribution in [0.25, 0.3) is 0 Å². The molecule has 1 aliphatic rings. The first-order valence-electron chi connectivity index (χ1n) is 6.05. The fourth-order valence-corrected chi connectivity index (χ4v) is 2.53. The highest BCUT2D eigenvalue weighted by Crippen LogP contribution is 2.35. The summed E-state index contributed by atoms with van der Waals surface area (Å²) in [7, 11) is 1.51. The maximum absolute atomic E-state index is 12.6. The summed E-state index contributed by atoms with van der Waals surface area (Å²) in [6, 6.07) is 0.394. The zero-order valence-electron chi connectivity index (χ0n) is 10.7. The molecule has 110 valence electrons. The topological polar surface area (TPSA) is 45.2 Å². The lowest BCUT2D eigenvalue weighted by Gasteiger charge is -2.25. The van der Waals surface area contributed by atoms with E-state index in [1.807, 2.05) is 0 Å². The van der Waals surface area contributed by atoms with Crippen molar-refractivity contribution in [3.63, 3.8) is 0 Å². The van der Waals surface area contributed by atoms with Gasteiger partial charge in [0.05, 0.1) is 10.6 Å². The summed E-state index contributed by atoms with van der Waals surface area (Å²) in [4.78, 5) is 17.2. The lowest BCUT2D eigenvalue weighted by atomic mass is 10.2. The van der Waals surface area contributed by atoms with E-state index in [1.54, 1.807) is 4.90 Å². The van der Waals surface area contributed by atoms with Crippen molar-refractivity contribution in [2.45, 2.75) is 25.1 Å².